The summed E-state index contributed by atoms with van der Waals surface area (Å²) in [5.74, 6) is 0.571. The number of aliphatic carboxylic acids is 1. The van der Waals surface area contributed by atoms with Gasteiger partial charge >= 0.3 is 5.97 Å². The highest BCUT2D eigenvalue weighted by atomic mass is 16.4. The average Bonchev–Trinajstić information content (AvgIpc) is 2.67. The highest BCUT2D eigenvalue weighted by molar-refractivity contribution is 5.85. The Morgan fingerprint density at radius 3 is 2.58 bits per heavy atom. The Morgan fingerprint density at radius 1 is 1.32 bits per heavy atom. The van der Waals surface area contributed by atoms with Crippen molar-refractivity contribution < 1.29 is 9.90 Å². The van der Waals surface area contributed by atoms with Crippen LogP contribution in [0.1, 0.15) is 25.0 Å². The van der Waals surface area contributed by atoms with E-state index in [1.54, 1.807) is 6.08 Å². The predicted molar refractivity (Wildman–Crippen MR) is 76.7 cm³/mol. The molecule has 19 heavy (non-hydrogen) atoms. The predicted octanol–water partition coefficient (Wildman–Crippen LogP) is 2.87. The maximum Gasteiger partial charge on any atom is 0.328 e. The normalized spacial score (nSPS) is 24.1. The maximum absolute atomic E-state index is 10.6. The number of likely N-dealkylation sites (tertiary alicyclic amines) is 1. The molecular formula is C16H21NO2. The molecule has 0 bridgehead atoms. The fourth-order valence-electron chi connectivity index (χ4n) is 2.62. The van der Waals surface area contributed by atoms with E-state index in [9.17, 15) is 4.79 Å². The number of carboxylic acids is 1. The second-order valence-electron chi connectivity index (χ2n) is 5.52. The molecule has 1 N–H and O–H groups in total. The molecule has 1 aliphatic heterocycles. The lowest BCUT2D eigenvalue weighted by molar-refractivity contribution is -0.131. The summed E-state index contributed by atoms with van der Waals surface area (Å²) in [5.41, 5.74) is 2.19. The quantitative estimate of drug-likeness (QED) is 0.845. The van der Waals surface area contributed by atoms with Crippen molar-refractivity contribution in [3.8, 4) is 0 Å². The Bertz CT molecular complexity index is 471. The van der Waals surface area contributed by atoms with E-state index in [4.69, 9.17) is 5.11 Å². The molecule has 1 heterocycles. The lowest BCUT2D eigenvalue weighted by Gasteiger charge is -2.17. The molecule has 1 aromatic rings. The molecule has 2 rings (SSSR count). The van der Waals surface area contributed by atoms with Gasteiger partial charge in [0.1, 0.15) is 0 Å². The standard InChI is InChI=1S/C16H21NO2/c1-12-9-17(10-13(12)2)11-15-6-4-3-5-14(15)7-8-16(18)19/h3-8,12-13H,9-11H2,1-2H3,(H,18,19). The van der Waals surface area contributed by atoms with Gasteiger partial charge in [0, 0.05) is 25.7 Å². The number of nitrogens with zero attached hydrogens (tertiary/aromatic N) is 1. The third-order valence-electron chi connectivity index (χ3n) is 3.92. The van der Waals surface area contributed by atoms with Gasteiger partial charge in [0.2, 0.25) is 0 Å². The molecule has 2 unspecified atom stereocenters. The minimum absolute atomic E-state index is 0.738. The van der Waals surface area contributed by atoms with Crippen LogP contribution in [0, 0.1) is 11.8 Å². The Labute approximate surface area is 114 Å². The van der Waals surface area contributed by atoms with Gasteiger partial charge in [-0.25, -0.2) is 4.79 Å². The van der Waals surface area contributed by atoms with Crippen molar-refractivity contribution >= 4 is 12.0 Å². The summed E-state index contributed by atoms with van der Waals surface area (Å²) in [7, 11) is 0. The second-order valence-corrected chi connectivity index (χ2v) is 5.52. The molecule has 1 saturated heterocycles. The molecule has 0 aliphatic carbocycles. The van der Waals surface area contributed by atoms with Crippen LogP contribution < -0.4 is 0 Å². The molecule has 0 aromatic heterocycles. The second kappa shape index (κ2) is 6.02. The minimum Gasteiger partial charge on any atom is -0.478 e. The number of carbonyl (C=O) groups is 1. The van der Waals surface area contributed by atoms with Gasteiger partial charge in [-0.15, -0.1) is 0 Å². The number of benzene rings is 1. The maximum atomic E-state index is 10.6. The summed E-state index contributed by atoms with van der Waals surface area (Å²) in [6.45, 7) is 7.73. The third-order valence-corrected chi connectivity index (χ3v) is 3.92. The molecule has 0 radical (unpaired) electrons. The Morgan fingerprint density at radius 2 is 1.95 bits per heavy atom. The van der Waals surface area contributed by atoms with Crippen molar-refractivity contribution in [2.45, 2.75) is 20.4 Å². The Hall–Kier alpha value is -1.61. The molecule has 2 atom stereocenters. The van der Waals surface area contributed by atoms with E-state index in [1.807, 2.05) is 18.2 Å². The fourth-order valence-corrected chi connectivity index (χ4v) is 2.62. The van der Waals surface area contributed by atoms with Crippen molar-refractivity contribution in [3.05, 3.63) is 41.5 Å². The van der Waals surface area contributed by atoms with Crippen LogP contribution in [-0.4, -0.2) is 29.1 Å². The van der Waals surface area contributed by atoms with Gasteiger partial charge in [0.25, 0.3) is 0 Å². The van der Waals surface area contributed by atoms with Crippen molar-refractivity contribution in [1.29, 1.82) is 0 Å². The molecule has 3 heteroatoms. The van der Waals surface area contributed by atoms with Crippen molar-refractivity contribution in [2.24, 2.45) is 11.8 Å². The first-order chi connectivity index (χ1) is 9.06. The Kier molecular flexibility index (Phi) is 4.38. The SMILES string of the molecule is CC1CN(Cc2ccccc2C=CC(=O)O)CC1C. The first-order valence-corrected chi connectivity index (χ1v) is 6.77. The first-order valence-electron chi connectivity index (χ1n) is 6.77. The minimum atomic E-state index is -0.904. The highest BCUT2D eigenvalue weighted by Crippen LogP contribution is 2.24. The number of rotatable bonds is 4. The molecule has 0 spiro atoms. The molecule has 1 aromatic carbocycles. The van der Waals surface area contributed by atoms with Gasteiger partial charge in [-0.05, 0) is 29.0 Å². The van der Waals surface area contributed by atoms with Crippen molar-refractivity contribution in [3.63, 3.8) is 0 Å². The van der Waals surface area contributed by atoms with Crippen molar-refractivity contribution in [1.82, 2.24) is 4.90 Å². The Balaban J connectivity index is 2.10. The highest BCUT2D eigenvalue weighted by Gasteiger charge is 2.25. The van der Waals surface area contributed by atoms with Crippen LogP contribution in [0.25, 0.3) is 6.08 Å². The van der Waals surface area contributed by atoms with Crippen LogP contribution in [0.5, 0.6) is 0 Å². The summed E-state index contributed by atoms with van der Waals surface area (Å²) in [6, 6.07) is 8.00. The van der Waals surface area contributed by atoms with E-state index >= 15 is 0 Å². The third kappa shape index (κ3) is 3.67. The van der Waals surface area contributed by atoms with Crippen molar-refractivity contribution in [2.75, 3.05) is 13.1 Å². The van der Waals surface area contributed by atoms with Crippen LogP contribution >= 0.6 is 0 Å². The van der Waals surface area contributed by atoms with E-state index in [1.165, 1.54) is 11.6 Å². The van der Waals surface area contributed by atoms with E-state index in [2.05, 4.69) is 24.8 Å². The lowest BCUT2D eigenvalue weighted by Crippen LogP contribution is -2.20. The summed E-state index contributed by atoms with van der Waals surface area (Å²) >= 11 is 0. The largest absolute Gasteiger partial charge is 0.478 e. The molecule has 1 aliphatic rings. The number of carboxylic acid groups (broad SMARTS) is 1. The zero-order chi connectivity index (χ0) is 13.8. The van der Waals surface area contributed by atoms with E-state index < -0.39 is 5.97 Å². The van der Waals surface area contributed by atoms with Crippen LogP contribution in [0.4, 0.5) is 0 Å². The molecule has 1 fully saturated rings. The summed E-state index contributed by atoms with van der Waals surface area (Å²) < 4.78 is 0. The summed E-state index contributed by atoms with van der Waals surface area (Å²) in [4.78, 5) is 13.1. The van der Waals surface area contributed by atoms with Crippen LogP contribution in [0.3, 0.4) is 0 Å². The van der Waals surface area contributed by atoms with Crippen LogP contribution in [0.15, 0.2) is 30.3 Å². The number of hydrogen-bond donors (Lipinski definition) is 1. The molecule has 3 nitrogen and oxygen atoms in total. The van der Waals surface area contributed by atoms with Gasteiger partial charge in [0.15, 0.2) is 0 Å². The fraction of sp³-hybridized carbons (Fsp3) is 0.438. The summed E-state index contributed by atoms with van der Waals surface area (Å²) in [5, 5.41) is 8.72. The van der Waals surface area contributed by atoms with Gasteiger partial charge < -0.3 is 5.11 Å². The topological polar surface area (TPSA) is 40.5 Å². The molecule has 0 saturated carbocycles. The zero-order valence-corrected chi connectivity index (χ0v) is 11.5. The number of hydrogen-bond acceptors (Lipinski definition) is 2. The van der Waals surface area contributed by atoms with E-state index in [0.29, 0.717) is 0 Å². The van der Waals surface area contributed by atoms with Gasteiger partial charge in [-0.3, -0.25) is 4.90 Å². The first kappa shape index (κ1) is 13.8. The lowest BCUT2D eigenvalue weighted by atomic mass is 10.0. The average molecular weight is 259 g/mol. The zero-order valence-electron chi connectivity index (χ0n) is 11.5. The van der Waals surface area contributed by atoms with E-state index in [0.717, 1.165) is 37.0 Å². The molecule has 0 amide bonds. The van der Waals surface area contributed by atoms with Gasteiger partial charge in [-0.1, -0.05) is 38.1 Å². The monoisotopic (exact) mass is 259 g/mol. The summed E-state index contributed by atoms with van der Waals surface area (Å²) in [6.07, 6.45) is 2.88. The molecule has 102 valence electrons. The van der Waals surface area contributed by atoms with Gasteiger partial charge in [-0.2, -0.15) is 0 Å². The van der Waals surface area contributed by atoms with Gasteiger partial charge in [0.05, 0.1) is 0 Å². The van der Waals surface area contributed by atoms with Crippen LogP contribution in [0.2, 0.25) is 0 Å². The smallest absolute Gasteiger partial charge is 0.328 e. The molecular weight excluding hydrogens is 238 g/mol. The van der Waals surface area contributed by atoms with Crippen LogP contribution in [-0.2, 0) is 11.3 Å². The van der Waals surface area contributed by atoms with E-state index in [-0.39, 0.29) is 0 Å².